The zero-order chi connectivity index (χ0) is 21.5. The van der Waals surface area contributed by atoms with E-state index in [2.05, 4.69) is 15.0 Å². The van der Waals surface area contributed by atoms with Crippen LogP contribution in [0.4, 0.5) is 16.5 Å². The van der Waals surface area contributed by atoms with Crippen LogP contribution in [0.15, 0.2) is 59.9 Å². The van der Waals surface area contributed by atoms with E-state index in [4.69, 9.17) is 0 Å². The lowest BCUT2D eigenvalue weighted by molar-refractivity contribution is -0.102. The van der Waals surface area contributed by atoms with Gasteiger partial charge in [-0.3, -0.25) is 9.78 Å². The Morgan fingerprint density at radius 2 is 2.03 bits per heavy atom. The average Bonchev–Trinajstić information content (AvgIpc) is 3.21. The highest BCUT2D eigenvalue weighted by atomic mass is 32.1. The molecule has 2 aromatic heterocycles. The Balaban J connectivity index is 1.86. The minimum Gasteiger partial charge on any atom is -0.508 e. The molecule has 0 aliphatic rings. The Morgan fingerprint density at radius 3 is 2.70 bits per heavy atom. The van der Waals surface area contributed by atoms with Crippen molar-refractivity contribution in [2.45, 2.75) is 6.54 Å². The molecule has 0 aliphatic carbocycles. The number of phenolic OH excluding ortho intramolecular Hbond substituents is 1. The van der Waals surface area contributed by atoms with Gasteiger partial charge in [-0.2, -0.15) is 0 Å². The monoisotopic (exact) mass is 421 g/mol. The lowest BCUT2D eigenvalue weighted by Gasteiger charge is -2.21. The van der Waals surface area contributed by atoms with Gasteiger partial charge >= 0.3 is 0 Å². The van der Waals surface area contributed by atoms with Crippen molar-refractivity contribution in [1.29, 1.82) is 0 Å². The first-order valence-corrected chi connectivity index (χ1v) is 10.1. The zero-order valence-corrected chi connectivity index (χ0v) is 17.9. The van der Waals surface area contributed by atoms with Crippen LogP contribution in [-0.2, 0) is 11.3 Å². The van der Waals surface area contributed by atoms with Gasteiger partial charge in [0.05, 0.1) is 23.6 Å². The first-order valence-electron chi connectivity index (χ1n) is 9.25. The van der Waals surface area contributed by atoms with E-state index in [1.54, 1.807) is 42.7 Å². The number of nitrogens with zero attached hydrogens (tertiary/aromatic N) is 5. The van der Waals surface area contributed by atoms with Crippen molar-refractivity contribution in [2.24, 2.45) is 4.99 Å². The summed E-state index contributed by atoms with van der Waals surface area (Å²) in [6.07, 6.45) is 7.64. The average molecular weight is 422 g/mol. The third-order valence-corrected chi connectivity index (χ3v) is 5.31. The number of anilines is 2. The van der Waals surface area contributed by atoms with Gasteiger partial charge in [0.2, 0.25) is 0 Å². The summed E-state index contributed by atoms with van der Waals surface area (Å²) in [5, 5.41) is 10.8. The Labute approximate surface area is 179 Å². The van der Waals surface area contributed by atoms with Crippen LogP contribution in [0.3, 0.4) is 0 Å². The fraction of sp³-hybridized carbons (Fsp3) is 0.182. The number of thiazole rings is 1. The largest absolute Gasteiger partial charge is 0.508 e. The van der Waals surface area contributed by atoms with Gasteiger partial charge < -0.3 is 14.9 Å². The van der Waals surface area contributed by atoms with Crippen molar-refractivity contribution >= 4 is 45.9 Å². The third-order valence-electron chi connectivity index (χ3n) is 4.18. The molecule has 8 heteroatoms. The fourth-order valence-electron chi connectivity index (χ4n) is 2.71. The number of hydrogen-bond acceptors (Lipinski definition) is 8. The molecule has 30 heavy (non-hydrogen) atoms. The van der Waals surface area contributed by atoms with Crippen molar-refractivity contribution in [3.8, 4) is 5.75 Å². The number of benzene rings is 1. The molecule has 154 valence electrons. The maximum atomic E-state index is 11.6. The van der Waals surface area contributed by atoms with Crippen LogP contribution in [0.5, 0.6) is 5.75 Å². The van der Waals surface area contributed by atoms with Crippen LogP contribution in [0, 0.1) is 0 Å². The Bertz CT molecular complexity index is 1060. The Kier molecular flexibility index (Phi) is 6.92. The van der Waals surface area contributed by atoms with Crippen LogP contribution in [0.25, 0.3) is 6.08 Å². The molecule has 0 radical (unpaired) electrons. The molecule has 0 aliphatic heterocycles. The first-order chi connectivity index (χ1) is 14.5. The first kappa shape index (κ1) is 21.2. The topological polar surface area (TPSA) is 81.9 Å². The lowest BCUT2D eigenvalue weighted by atomic mass is 10.2. The van der Waals surface area contributed by atoms with Gasteiger partial charge in [0.1, 0.15) is 11.5 Å². The molecular weight excluding hydrogens is 398 g/mol. The van der Waals surface area contributed by atoms with Crippen molar-refractivity contribution in [3.63, 3.8) is 0 Å². The highest BCUT2D eigenvalue weighted by Gasteiger charge is 2.10. The number of hydrogen-bond donors (Lipinski definition) is 1. The summed E-state index contributed by atoms with van der Waals surface area (Å²) in [6, 6.07) is 10.7. The summed E-state index contributed by atoms with van der Waals surface area (Å²) in [5.41, 5.74) is 2.42. The number of aliphatic imine (C=N–C) groups is 1. The van der Waals surface area contributed by atoms with E-state index < -0.39 is 0 Å². The molecule has 7 nitrogen and oxygen atoms in total. The van der Waals surface area contributed by atoms with Gasteiger partial charge in [0.15, 0.2) is 11.4 Å². The summed E-state index contributed by atoms with van der Waals surface area (Å²) in [5.74, 6) is 0.0797. The van der Waals surface area contributed by atoms with Gasteiger partial charge in [0.25, 0.3) is 0 Å². The zero-order valence-electron chi connectivity index (χ0n) is 17.1. The summed E-state index contributed by atoms with van der Waals surface area (Å²) in [6.45, 7) is 0.564. The van der Waals surface area contributed by atoms with Crippen LogP contribution < -0.4 is 9.80 Å². The molecule has 0 spiro atoms. The van der Waals surface area contributed by atoms with E-state index in [0.717, 1.165) is 21.4 Å². The SMILES string of the molecule is CN(C)c1ncc(/C=C/C(C=O)=N/c2cc(O)ccc2N(C)Cc2ccccn2)s1. The minimum absolute atomic E-state index is 0.0797. The number of allylic oxidation sites excluding steroid dienone is 1. The van der Waals surface area contributed by atoms with Crippen molar-refractivity contribution < 1.29 is 9.90 Å². The predicted molar refractivity (Wildman–Crippen MR) is 123 cm³/mol. The van der Waals surface area contributed by atoms with Crippen molar-refractivity contribution in [2.75, 3.05) is 30.9 Å². The number of pyridine rings is 1. The maximum absolute atomic E-state index is 11.6. The van der Waals surface area contributed by atoms with Gasteiger partial charge in [-0.15, -0.1) is 0 Å². The van der Waals surface area contributed by atoms with Crippen LogP contribution >= 0.6 is 11.3 Å². The molecule has 0 unspecified atom stereocenters. The summed E-state index contributed by atoms with van der Waals surface area (Å²) < 4.78 is 0. The van der Waals surface area contributed by atoms with Gasteiger partial charge in [-0.1, -0.05) is 17.4 Å². The molecule has 2 heterocycles. The molecular formula is C22H23N5O2S. The van der Waals surface area contributed by atoms with Crippen LogP contribution in [-0.4, -0.2) is 48.2 Å². The maximum Gasteiger partial charge on any atom is 0.185 e. The van der Waals surface area contributed by atoms with Crippen LogP contribution in [0.1, 0.15) is 10.6 Å². The predicted octanol–water partition coefficient (Wildman–Crippen LogP) is 3.93. The van der Waals surface area contributed by atoms with E-state index >= 15 is 0 Å². The molecule has 0 atom stereocenters. The normalized spacial score (nSPS) is 11.6. The Hall–Kier alpha value is -3.52. The Morgan fingerprint density at radius 1 is 1.20 bits per heavy atom. The quantitative estimate of drug-likeness (QED) is 0.438. The van der Waals surface area contributed by atoms with Crippen molar-refractivity contribution in [3.05, 3.63) is 65.4 Å². The molecule has 3 aromatic rings. The number of rotatable bonds is 8. The summed E-state index contributed by atoms with van der Waals surface area (Å²) in [7, 11) is 5.77. The highest BCUT2D eigenvalue weighted by Crippen LogP contribution is 2.32. The van der Waals surface area contributed by atoms with E-state index in [9.17, 15) is 9.90 Å². The number of aromatic nitrogens is 2. The highest BCUT2D eigenvalue weighted by molar-refractivity contribution is 7.16. The van der Waals surface area contributed by atoms with E-state index in [0.29, 0.717) is 18.5 Å². The van der Waals surface area contributed by atoms with Gasteiger partial charge in [-0.25, -0.2) is 9.98 Å². The fourth-order valence-corrected chi connectivity index (χ4v) is 3.45. The molecule has 0 bridgehead atoms. The second-order valence-electron chi connectivity index (χ2n) is 6.78. The molecule has 0 amide bonds. The standard InChI is InChI=1S/C22H23N5O2S/c1-26(2)22-24-13-19(30-22)9-7-17(15-28)25-20-12-18(29)8-10-21(20)27(3)14-16-6-4-5-11-23-16/h4-13,15,29H,14H2,1-3H3/b9-7+,25-17-. The van der Waals surface area contributed by atoms with E-state index in [1.807, 2.05) is 49.1 Å². The lowest BCUT2D eigenvalue weighted by Crippen LogP contribution is -2.17. The number of aromatic hydroxyl groups is 1. The van der Waals surface area contributed by atoms with Gasteiger partial charge in [-0.05, 0) is 36.4 Å². The molecule has 3 rings (SSSR count). The molecule has 0 fully saturated rings. The molecule has 0 saturated heterocycles. The number of aldehydes is 1. The minimum atomic E-state index is 0.0797. The van der Waals surface area contributed by atoms with Crippen molar-refractivity contribution in [1.82, 2.24) is 9.97 Å². The third kappa shape index (κ3) is 5.51. The number of phenols is 1. The smallest absolute Gasteiger partial charge is 0.185 e. The second-order valence-corrected chi connectivity index (χ2v) is 7.82. The molecule has 0 saturated carbocycles. The van der Waals surface area contributed by atoms with Gasteiger partial charge in [0, 0.05) is 44.5 Å². The van der Waals surface area contributed by atoms with E-state index in [-0.39, 0.29) is 11.5 Å². The van der Waals surface area contributed by atoms with Crippen LogP contribution in [0.2, 0.25) is 0 Å². The molecule has 1 aromatic carbocycles. The van der Waals surface area contributed by atoms with E-state index in [1.165, 1.54) is 11.3 Å². The second kappa shape index (κ2) is 9.80. The number of carbonyl (C=O) groups is 1. The summed E-state index contributed by atoms with van der Waals surface area (Å²) >= 11 is 1.51. The molecule has 1 N–H and O–H groups in total. The number of carbonyl (C=O) groups excluding carboxylic acids is 1. The summed E-state index contributed by atoms with van der Waals surface area (Å²) in [4.78, 5) is 29.5.